The third kappa shape index (κ3) is 3.37. The van der Waals surface area contributed by atoms with E-state index in [1.165, 1.54) is 31.6 Å². The summed E-state index contributed by atoms with van der Waals surface area (Å²) >= 11 is 0. The van der Waals surface area contributed by atoms with E-state index in [-0.39, 0.29) is 21.8 Å². The van der Waals surface area contributed by atoms with Gasteiger partial charge in [0.2, 0.25) is 0 Å². The van der Waals surface area contributed by atoms with E-state index in [1.54, 1.807) is 42.1 Å². The van der Waals surface area contributed by atoms with Crippen LogP contribution >= 0.6 is 0 Å². The van der Waals surface area contributed by atoms with Crippen LogP contribution in [0.25, 0.3) is 22.2 Å². The fourth-order valence-electron chi connectivity index (χ4n) is 3.41. The van der Waals surface area contributed by atoms with Crippen LogP contribution in [0.4, 0.5) is 10.2 Å². The Labute approximate surface area is 172 Å². The lowest BCUT2D eigenvalue weighted by Crippen LogP contribution is -2.07. The second-order valence-electron chi connectivity index (χ2n) is 6.82. The van der Waals surface area contributed by atoms with E-state index in [0.29, 0.717) is 22.3 Å². The molecule has 2 aromatic heterocycles. The second kappa shape index (κ2) is 7.42. The highest BCUT2D eigenvalue weighted by Gasteiger charge is 2.22. The first kappa shape index (κ1) is 19.8. The van der Waals surface area contributed by atoms with Crippen LogP contribution in [0.5, 0.6) is 5.75 Å². The van der Waals surface area contributed by atoms with Gasteiger partial charge in [0.15, 0.2) is 9.84 Å². The van der Waals surface area contributed by atoms with Gasteiger partial charge < -0.3 is 15.0 Å². The Hall–Kier alpha value is -3.46. The number of sulfone groups is 1. The minimum absolute atomic E-state index is 0.0655. The van der Waals surface area contributed by atoms with Gasteiger partial charge in [-0.25, -0.2) is 22.8 Å². The number of aryl methyl sites for hydroxylation is 1. The first-order valence-electron chi connectivity index (χ1n) is 9.02. The van der Waals surface area contributed by atoms with Crippen LogP contribution in [-0.4, -0.2) is 30.1 Å². The molecule has 0 fully saturated rings. The van der Waals surface area contributed by atoms with Crippen molar-refractivity contribution < 1.29 is 17.5 Å². The van der Waals surface area contributed by atoms with Gasteiger partial charge in [0.1, 0.15) is 29.4 Å². The molecule has 154 valence electrons. The van der Waals surface area contributed by atoms with Gasteiger partial charge in [-0.2, -0.15) is 0 Å². The quantitative estimate of drug-likeness (QED) is 0.525. The number of ether oxygens (including phenoxy) is 1. The Bertz CT molecular complexity index is 1350. The van der Waals surface area contributed by atoms with Gasteiger partial charge in [0.25, 0.3) is 0 Å². The normalized spacial score (nSPS) is 11.7. The Morgan fingerprint density at radius 2 is 1.83 bits per heavy atom. The zero-order valence-electron chi connectivity index (χ0n) is 16.3. The van der Waals surface area contributed by atoms with Gasteiger partial charge in [-0.05, 0) is 24.3 Å². The summed E-state index contributed by atoms with van der Waals surface area (Å²) in [6.07, 6.45) is 3.05. The SMILES string of the molecule is COc1ccc(S(=O)(=O)Cc2cccc(-c3cn(C)c4ncnc(N)c34)c2F)cc1. The number of nitrogens with zero attached hydrogens (tertiary/aromatic N) is 3. The molecule has 30 heavy (non-hydrogen) atoms. The molecule has 0 radical (unpaired) electrons. The van der Waals surface area contributed by atoms with Crippen molar-refractivity contribution in [2.75, 3.05) is 12.8 Å². The van der Waals surface area contributed by atoms with Crippen LogP contribution in [0.15, 0.2) is 59.9 Å². The molecule has 4 aromatic rings. The number of nitrogen functional groups attached to an aromatic ring is 1. The van der Waals surface area contributed by atoms with Crippen LogP contribution in [0.1, 0.15) is 5.56 Å². The molecule has 0 aliphatic rings. The topological polar surface area (TPSA) is 100 Å². The lowest BCUT2D eigenvalue weighted by molar-refractivity contribution is 0.414. The van der Waals surface area contributed by atoms with E-state index in [9.17, 15) is 8.42 Å². The maximum absolute atomic E-state index is 15.4. The van der Waals surface area contributed by atoms with Crippen molar-refractivity contribution in [3.05, 3.63) is 66.4 Å². The highest BCUT2D eigenvalue weighted by Crippen LogP contribution is 2.35. The molecule has 0 atom stereocenters. The summed E-state index contributed by atoms with van der Waals surface area (Å²) in [4.78, 5) is 8.29. The molecular weight excluding hydrogens is 407 g/mol. The van der Waals surface area contributed by atoms with Crippen molar-refractivity contribution in [2.45, 2.75) is 10.6 Å². The largest absolute Gasteiger partial charge is 0.497 e. The summed E-state index contributed by atoms with van der Waals surface area (Å²) in [5, 5.41) is 0.522. The van der Waals surface area contributed by atoms with Crippen LogP contribution in [0.2, 0.25) is 0 Å². The predicted molar refractivity (Wildman–Crippen MR) is 112 cm³/mol. The Morgan fingerprint density at radius 1 is 1.10 bits per heavy atom. The minimum Gasteiger partial charge on any atom is -0.497 e. The fraction of sp³-hybridized carbons (Fsp3) is 0.143. The lowest BCUT2D eigenvalue weighted by atomic mass is 10.0. The summed E-state index contributed by atoms with van der Waals surface area (Å²) in [5.41, 5.74) is 7.38. The van der Waals surface area contributed by atoms with Gasteiger partial charge >= 0.3 is 0 Å². The van der Waals surface area contributed by atoms with E-state index < -0.39 is 21.4 Å². The standard InChI is InChI=1S/C21H19FN4O3S/c1-26-10-17(18-20(23)24-12-25-21(18)26)16-5-3-4-13(19(16)22)11-30(27,28)15-8-6-14(29-2)7-9-15/h3-10,12H,11H2,1-2H3,(H2,23,24,25). The summed E-state index contributed by atoms with van der Waals surface area (Å²) in [6.45, 7) is 0. The third-order valence-corrected chi connectivity index (χ3v) is 6.60. The molecule has 0 bridgehead atoms. The van der Waals surface area contributed by atoms with E-state index >= 15 is 4.39 Å². The van der Waals surface area contributed by atoms with Gasteiger partial charge in [0.05, 0.1) is 23.1 Å². The Kier molecular flexibility index (Phi) is 4.90. The Morgan fingerprint density at radius 3 is 2.53 bits per heavy atom. The van der Waals surface area contributed by atoms with E-state index in [2.05, 4.69) is 9.97 Å². The summed E-state index contributed by atoms with van der Waals surface area (Å²) in [7, 11) is -0.488. The molecule has 4 rings (SSSR count). The number of anilines is 1. The average molecular weight is 426 g/mol. The molecule has 7 nitrogen and oxygen atoms in total. The summed E-state index contributed by atoms with van der Waals surface area (Å²) in [5.74, 6) is -0.329. The van der Waals surface area contributed by atoms with Crippen molar-refractivity contribution >= 4 is 26.7 Å². The number of hydrogen-bond donors (Lipinski definition) is 1. The molecule has 0 amide bonds. The summed E-state index contributed by atoms with van der Waals surface area (Å²) < 4.78 is 47.8. The number of benzene rings is 2. The van der Waals surface area contributed by atoms with Crippen LogP contribution in [-0.2, 0) is 22.6 Å². The van der Waals surface area contributed by atoms with E-state index in [0.717, 1.165) is 0 Å². The maximum atomic E-state index is 15.4. The van der Waals surface area contributed by atoms with Gasteiger partial charge in [-0.1, -0.05) is 18.2 Å². The van der Waals surface area contributed by atoms with Crippen LogP contribution in [0.3, 0.4) is 0 Å². The predicted octanol–water partition coefficient (Wildman–Crippen LogP) is 3.34. The highest BCUT2D eigenvalue weighted by atomic mass is 32.2. The molecule has 2 heterocycles. The lowest BCUT2D eigenvalue weighted by Gasteiger charge is -2.10. The van der Waals surface area contributed by atoms with Crippen LogP contribution in [0, 0.1) is 5.82 Å². The number of nitrogens with two attached hydrogens (primary N) is 1. The van der Waals surface area contributed by atoms with Crippen molar-refractivity contribution in [1.29, 1.82) is 0 Å². The number of fused-ring (bicyclic) bond motifs is 1. The minimum atomic E-state index is -3.76. The smallest absolute Gasteiger partial charge is 0.182 e. The maximum Gasteiger partial charge on any atom is 0.182 e. The number of halogens is 1. The molecule has 0 aliphatic heterocycles. The van der Waals surface area contributed by atoms with Crippen molar-refractivity contribution in [2.24, 2.45) is 7.05 Å². The third-order valence-electron chi connectivity index (χ3n) is 4.92. The number of rotatable bonds is 5. The molecule has 0 spiro atoms. The van der Waals surface area contributed by atoms with Crippen molar-refractivity contribution in [1.82, 2.24) is 14.5 Å². The molecule has 2 aromatic carbocycles. The van der Waals surface area contributed by atoms with Gasteiger partial charge in [-0.3, -0.25) is 0 Å². The number of aromatic nitrogens is 3. The molecule has 0 unspecified atom stereocenters. The first-order chi connectivity index (χ1) is 14.3. The molecule has 9 heteroatoms. The van der Waals surface area contributed by atoms with Gasteiger partial charge in [-0.15, -0.1) is 0 Å². The molecule has 0 saturated heterocycles. The van der Waals surface area contributed by atoms with E-state index in [4.69, 9.17) is 10.5 Å². The zero-order valence-corrected chi connectivity index (χ0v) is 17.1. The number of hydrogen-bond acceptors (Lipinski definition) is 6. The highest BCUT2D eigenvalue weighted by molar-refractivity contribution is 7.90. The first-order valence-corrected chi connectivity index (χ1v) is 10.7. The molecular formula is C21H19FN4O3S. The molecule has 0 aliphatic carbocycles. The van der Waals surface area contributed by atoms with E-state index in [1.807, 2.05) is 0 Å². The van der Waals surface area contributed by atoms with Crippen molar-refractivity contribution in [3.8, 4) is 16.9 Å². The van der Waals surface area contributed by atoms with Gasteiger partial charge in [0, 0.05) is 29.9 Å². The summed E-state index contributed by atoms with van der Waals surface area (Å²) in [6, 6.07) is 10.7. The van der Waals surface area contributed by atoms with Crippen molar-refractivity contribution in [3.63, 3.8) is 0 Å². The molecule has 2 N–H and O–H groups in total. The van der Waals surface area contributed by atoms with Crippen LogP contribution < -0.4 is 10.5 Å². The number of methoxy groups -OCH3 is 1. The zero-order chi connectivity index (χ0) is 21.5. The Balaban J connectivity index is 1.77. The monoisotopic (exact) mass is 426 g/mol. The second-order valence-corrected chi connectivity index (χ2v) is 8.81. The average Bonchev–Trinajstić information content (AvgIpc) is 3.07. The fourth-order valence-corrected chi connectivity index (χ4v) is 4.76. The molecule has 0 saturated carbocycles.